The van der Waals surface area contributed by atoms with E-state index in [-0.39, 0.29) is 0 Å². The lowest BCUT2D eigenvalue weighted by molar-refractivity contribution is 0.00694. The Hall–Kier alpha value is -1.94. The number of carbonyl (C=O) groups excluding carboxylic acids is 2. The first-order valence-electron chi connectivity index (χ1n) is 6.89. The van der Waals surface area contributed by atoms with Gasteiger partial charge in [0.2, 0.25) is 0 Å². The molecule has 4 heteroatoms. The highest BCUT2D eigenvalue weighted by molar-refractivity contribution is 9.10. The van der Waals surface area contributed by atoms with Crippen LogP contribution in [0.2, 0.25) is 0 Å². The topological polar surface area (TPSA) is 43.4 Å². The number of aldehydes is 1. The normalized spacial score (nSPS) is 11.1. The highest BCUT2D eigenvalue weighted by Gasteiger charge is 2.19. The summed E-state index contributed by atoms with van der Waals surface area (Å²) in [6.07, 6.45) is 0.809. The van der Waals surface area contributed by atoms with E-state index in [9.17, 15) is 9.59 Å². The summed E-state index contributed by atoms with van der Waals surface area (Å²) >= 11 is 3.41. The maximum atomic E-state index is 12.2. The SMILES string of the molecule is CC(C)(C)OC(=O)c1cc(Br)cc(-c2ccccc2C=O)c1. The van der Waals surface area contributed by atoms with Crippen molar-refractivity contribution in [3.8, 4) is 11.1 Å². The number of halogens is 1. The Kier molecular flexibility index (Phi) is 4.81. The molecule has 22 heavy (non-hydrogen) atoms. The van der Waals surface area contributed by atoms with E-state index < -0.39 is 11.6 Å². The van der Waals surface area contributed by atoms with Crippen molar-refractivity contribution < 1.29 is 14.3 Å². The molecule has 2 rings (SSSR count). The molecule has 114 valence electrons. The smallest absolute Gasteiger partial charge is 0.338 e. The minimum atomic E-state index is -0.555. The average Bonchev–Trinajstić information content (AvgIpc) is 2.44. The zero-order valence-electron chi connectivity index (χ0n) is 12.7. The van der Waals surface area contributed by atoms with Crippen LogP contribution in [0.3, 0.4) is 0 Å². The zero-order chi connectivity index (χ0) is 16.3. The van der Waals surface area contributed by atoms with E-state index in [4.69, 9.17) is 4.74 Å². The highest BCUT2D eigenvalue weighted by Crippen LogP contribution is 2.28. The molecular formula is C18H17BrO3. The molecule has 2 aromatic carbocycles. The van der Waals surface area contributed by atoms with Crippen LogP contribution in [0.15, 0.2) is 46.9 Å². The Balaban J connectivity index is 2.47. The molecule has 0 amide bonds. The first-order chi connectivity index (χ1) is 10.3. The van der Waals surface area contributed by atoms with Crippen molar-refractivity contribution in [3.63, 3.8) is 0 Å². The number of esters is 1. The molecule has 0 atom stereocenters. The molecule has 0 heterocycles. The fourth-order valence-electron chi connectivity index (χ4n) is 2.06. The number of carbonyl (C=O) groups is 2. The standard InChI is InChI=1S/C18H17BrO3/c1-18(2,3)22-17(21)14-8-13(9-15(19)10-14)16-7-5-4-6-12(16)11-20/h4-11H,1-3H3. The van der Waals surface area contributed by atoms with Crippen molar-refractivity contribution >= 4 is 28.2 Å². The maximum absolute atomic E-state index is 12.2. The molecule has 0 saturated heterocycles. The molecule has 0 N–H and O–H groups in total. The number of hydrogen-bond donors (Lipinski definition) is 0. The highest BCUT2D eigenvalue weighted by atomic mass is 79.9. The van der Waals surface area contributed by atoms with Crippen LogP contribution in [0.25, 0.3) is 11.1 Å². The first kappa shape index (κ1) is 16.4. The van der Waals surface area contributed by atoms with Crippen LogP contribution in [-0.2, 0) is 4.74 Å². The van der Waals surface area contributed by atoms with Gasteiger partial charge in [-0.15, -0.1) is 0 Å². The lowest BCUT2D eigenvalue weighted by Gasteiger charge is -2.20. The predicted octanol–water partition coefficient (Wildman–Crippen LogP) is 4.88. The third-order valence-corrected chi connectivity index (χ3v) is 3.39. The van der Waals surface area contributed by atoms with Gasteiger partial charge in [0.1, 0.15) is 5.60 Å². The Morgan fingerprint density at radius 3 is 2.45 bits per heavy atom. The van der Waals surface area contributed by atoms with Gasteiger partial charge in [0.25, 0.3) is 0 Å². The summed E-state index contributed by atoms with van der Waals surface area (Å²) in [6, 6.07) is 12.6. The van der Waals surface area contributed by atoms with Crippen LogP contribution in [0.5, 0.6) is 0 Å². The molecule has 0 aliphatic carbocycles. The van der Waals surface area contributed by atoms with Crippen molar-refractivity contribution in [3.05, 3.63) is 58.1 Å². The summed E-state index contributed by atoms with van der Waals surface area (Å²) in [4.78, 5) is 23.4. The van der Waals surface area contributed by atoms with Crippen molar-refractivity contribution in [1.29, 1.82) is 0 Å². The molecule has 0 spiro atoms. The van der Waals surface area contributed by atoms with E-state index in [0.717, 1.165) is 21.9 Å². The molecule has 0 saturated carbocycles. The maximum Gasteiger partial charge on any atom is 0.338 e. The molecule has 0 fully saturated rings. The number of ether oxygens (including phenoxy) is 1. The molecule has 2 aromatic rings. The summed E-state index contributed by atoms with van der Waals surface area (Å²) in [5.74, 6) is -0.390. The van der Waals surface area contributed by atoms with E-state index >= 15 is 0 Å². The lowest BCUT2D eigenvalue weighted by atomic mass is 9.99. The molecule has 0 radical (unpaired) electrons. The molecule has 3 nitrogen and oxygen atoms in total. The summed E-state index contributed by atoms with van der Waals surface area (Å²) in [5, 5.41) is 0. The Bertz CT molecular complexity index is 715. The van der Waals surface area contributed by atoms with Crippen molar-refractivity contribution in [2.24, 2.45) is 0 Å². The quantitative estimate of drug-likeness (QED) is 0.578. The van der Waals surface area contributed by atoms with Gasteiger partial charge in [-0.3, -0.25) is 4.79 Å². The van der Waals surface area contributed by atoms with E-state index in [1.807, 2.05) is 39.0 Å². The predicted molar refractivity (Wildman–Crippen MR) is 90.1 cm³/mol. The van der Waals surface area contributed by atoms with Gasteiger partial charge in [0.05, 0.1) is 5.56 Å². The fourth-order valence-corrected chi connectivity index (χ4v) is 2.56. The van der Waals surface area contributed by atoms with E-state index in [1.165, 1.54) is 0 Å². The van der Waals surface area contributed by atoms with Crippen LogP contribution < -0.4 is 0 Å². The van der Waals surface area contributed by atoms with E-state index in [0.29, 0.717) is 11.1 Å². The van der Waals surface area contributed by atoms with Gasteiger partial charge < -0.3 is 4.74 Å². The van der Waals surface area contributed by atoms with Gasteiger partial charge in [0, 0.05) is 10.0 Å². The van der Waals surface area contributed by atoms with Crippen LogP contribution in [0.1, 0.15) is 41.5 Å². The van der Waals surface area contributed by atoms with E-state index in [1.54, 1.807) is 24.3 Å². The van der Waals surface area contributed by atoms with Crippen LogP contribution in [-0.4, -0.2) is 17.9 Å². The van der Waals surface area contributed by atoms with Gasteiger partial charge in [0.15, 0.2) is 6.29 Å². The monoisotopic (exact) mass is 360 g/mol. The number of hydrogen-bond acceptors (Lipinski definition) is 3. The van der Waals surface area contributed by atoms with Crippen molar-refractivity contribution in [2.75, 3.05) is 0 Å². The molecule has 0 aromatic heterocycles. The Morgan fingerprint density at radius 1 is 1.14 bits per heavy atom. The summed E-state index contributed by atoms with van der Waals surface area (Å²) < 4.78 is 6.15. The average molecular weight is 361 g/mol. The van der Waals surface area contributed by atoms with Crippen LogP contribution in [0, 0.1) is 0 Å². The molecular weight excluding hydrogens is 344 g/mol. The minimum Gasteiger partial charge on any atom is -0.456 e. The van der Waals surface area contributed by atoms with E-state index in [2.05, 4.69) is 15.9 Å². The fraction of sp³-hybridized carbons (Fsp3) is 0.222. The zero-order valence-corrected chi connectivity index (χ0v) is 14.3. The third kappa shape index (κ3) is 4.04. The van der Waals surface area contributed by atoms with Gasteiger partial charge in [-0.2, -0.15) is 0 Å². The van der Waals surface area contributed by atoms with Crippen molar-refractivity contribution in [2.45, 2.75) is 26.4 Å². The van der Waals surface area contributed by atoms with Crippen molar-refractivity contribution in [1.82, 2.24) is 0 Å². The van der Waals surface area contributed by atoms with Gasteiger partial charge >= 0.3 is 5.97 Å². The molecule has 0 bridgehead atoms. The second-order valence-corrected chi connectivity index (χ2v) is 6.85. The van der Waals surface area contributed by atoms with Crippen LogP contribution >= 0.6 is 15.9 Å². The molecule has 0 aliphatic rings. The summed E-state index contributed by atoms with van der Waals surface area (Å²) in [7, 11) is 0. The van der Waals surface area contributed by atoms with Crippen LogP contribution in [0.4, 0.5) is 0 Å². The second kappa shape index (κ2) is 6.44. The summed E-state index contributed by atoms with van der Waals surface area (Å²) in [5.41, 5.74) is 2.04. The Morgan fingerprint density at radius 2 is 1.82 bits per heavy atom. The lowest BCUT2D eigenvalue weighted by Crippen LogP contribution is -2.23. The van der Waals surface area contributed by atoms with Gasteiger partial charge in [-0.25, -0.2) is 4.79 Å². The summed E-state index contributed by atoms with van der Waals surface area (Å²) in [6.45, 7) is 5.47. The second-order valence-electron chi connectivity index (χ2n) is 5.94. The third-order valence-electron chi connectivity index (χ3n) is 2.93. The molecule has 0 unspecified atom stereocenters. The largest absolute Gasteiger partial charge is 0.456 e. The Labute approximate surface area is 138 Å². The van der Waals surface area contributed by atoms with Gasteiger partial charge in [-0.05, 0) is 50.1 Å². The molecule has 0 aliphatic heterocycles. The van der Waals surface area contributed by atoms with Gasteiger partial charge in [-0.1, -0.05) is 40.2 Å². The number of benzene rings is 2. The minimum absolute atomic E-state index is 0.390. The first-order valence-corrected chi connectivity index (χ1v) is 7.68. The number of rotatable bonds is 3.